The molecule has 0 aliphatic heterocycles. The van der Waals surface area contributed by atoms with Crippen LogP contribution in [0.4, 0.5) is 11.6 Å². The zero-order valence-corrected chi connectivity index (χ0v) is 11.9. The van der Waals surface area contributed by atoms with Crippen molar-refractivity contribution in [2.75, 3.05) is 24.3 Å². The lowest BCUT2D eigenvalue weighted by molar-refractivity contribution is 0.414. The lowest BCUT2D eigenvalue weighted by Gasteiger charge is -2.09. The molecule has 0 fully saturated rings. The molecule has 106 valence electrons. The van der Waals surface area contributed by atoms with Gasteiger partial charge in [0.2, 0.25) is 0 Å². The van der Waals surface area contributed by atoms with Gasteiger partial charge in [0.05, 0.1) is 19.5 Å². The molecule has 5 nitrogen and oxygen atoms in total. The van der Waals surface area contributed by atoms with Gasteiger partial charge in [-0.1, -0.05) is 19.1 Å². The summed E-state index contributed by atoms with van der Waals surface area (Å²) in [7, 11) is 1.67. The largest absolute Gasteiger partial charge is 0.497 e. The van der Waals surface area contributed by atoms with Crippen molar-refractivity contribution < 1.29 is 4.74 Å². The summed E-state index contributed by atoms with van der Waals surface area (Å²) in [5, 5.41) is 6.48. The summed E-state index contributed by atoms with van der Waals surface area (Å²) < 4.78 is 5.20. The molecular formula is C15H20N4O. The van der Waals surface area contributed by atoms with Gasteiger partial charge in [-0.2, -0.15) is 0 Å². The molecule has 0 spiro atoms. The number of nitrogens with zero attached hydrogens (tertiary/aromatic N) is 2. The van der Waals surface area contributed by atoms with Crippen molar-refractivity contribution >= 4 is 11.6 Å². The minimum Gasteiger partial charge on any atom is -0.497 e. The van der Waals surface area contributed by atoms with E-state index in [1.807, 2.05) is 24.3 Å². The van der Waals surface area contributed by atoms with Crippen LogP contribution in [0.25, 0.3) is 0 Å². The third-order valence-corrected chi connectivity index (χ3v) is 2.80. The maximum Gasteiger partial charge on any atom is 0.147 e. The zero-order valence-electron chi connectivity index (χ0n) is 11.9. The van der Waals surface area contributed by atoms with Crippen LogP contribution in [-0.4, -0.2) is 23.6 Å². The second kappa shape index (κ2) is 7.33. The minimum absolute atomic E-state index is 0.684. The highest BCUT2D eigenvalue weighted by atomic mass is 16.5. The van der Waals surface area contributed by atoms with Gasteiger partial charge >= 0.3 is 0 Å². The Morgan fingerprint density at radius 3 is 2.70 bits per heavy atom. The van der Waals surface area contributed by atoms with Gasteiger partial charge in [-0.15, -0.1) is 0 Å². The Hall–Kier alpha value is -2.30. The highest BCUT2D eigenvalue weighted by molar-refractivity contribution is 5.42. The van der Waals surface area contributed by atoms with Gasteiger partial charge in [-0.25, -0.2) is 4.98 Å². The molecule has 0 aliphatic rings. The van der Waals surface area contributed by atoms with Gasteiger partial charge < -0.3 is 15.4 Å². The van der Waals surface area contributed by atoms with E-state index < -0.39 is 0 Å². The van der Waals surface area contributed by atoms with Crippen LogP contribution in [-0.2, 0) is 6.54 Å². The molecule has 1 heterocycles. The van der Waals surface area contributed by atoms with Crippen molar-refractivity contribution in [3.8, 4) is 5.75 Å². The van der Waals surface area contributed by atoms with E-state index in [4.69, 9.17) is 4.74 Å². The van der Waals surface area contributed by atoms with Crippen molar-refractivity contribution in [2.45, 2.75) is 19.9 Å². The van der Waals surface area contributed by atoms with E-state index in [9.17, 15) is 0 Å². The normalized spacial score (nSPS) is 10.1. The molecule has 1 aromatic heterocycles. The van der Waals surface area contributed by atoms with Crippen LogP contribution >= 0.6 is 0 Å². The highest BCUT2D eigenvalue weighted by Crippen LogP contribution is 2.14. The van der Waals surface area contributed by atoms with Crippen LogP contribution in [0.5, 0.6) is 5.75 Å². The summed E-state index contributed by atoms with van der Waals surface area (Å²) >= 11 is 0. The van der Waals surface area contributed by atoms with Gasteiger partial charge in [0.1, 0.15) is 17.4 Å². The van der Waals surface area contributed by atoms with Gasteiger partial charge in [0.25, 0.3) is 0 Å². The first-order valence-electron chi connectivity index (χ1n) is 6.74. The Morgan fingerprint density at radius 1 is 1.15 bits per heavy atom. The first-order valence-corrected chi connectivity index (χ1v) is 6.74. The van der Waals surface area contributed by atoms with Gasteiger partial charge in [0, 0.05) is 13.1 Å². The Labute approximate surface area is 119 Å². The van der Waals surface area contributed by atoms with Gasteiger partial charge in [-0.3, -0.25) is 4.98 Å². The number of benzene rings is 1. The van der Waals surface area contributed by atoms with E-state index in [2.05, 4.69) is 27.5 Å². The number of ether oxygens (including phenoxy) is 1. The Kier molecular flexibility index (Phi) is 5.17. The Balaban J connectivity index is 1.95. The second-order valence-corrected chi connectivity index (χ2v) is 4.42. The summed E-state index contributed by atoms with van der Waals surface area (Å²) in [5.74, 6) is 2.41. The molecule has 0 saturated heterocycles. The van der Waals surface area contributed by atoms with E-state index in [-0.39, 0.29) is 0 Å². The predicted molar refractivity (Wildman–Crippen MR) is 81.1 cm³/mol. The molecule has 0 unspecified atom stereocenters. The van der Waals surface area contributed by atoms with E-state index in [1.165, 1.54) is 0 Å². The molecule has 0 amide bonds. The Bertz CT molecular complexity index is 545. The van der Waals surface area contributed by atoms with Gasteiger partial charge in [0.15, 0.2) is 0 Å². The smallest absolute Gasteiger partial charge is 0.147 e. The second-order valence-electron chi connectivity index (χ2n) is 4.42. The average molecular weight is 272 g/mol. The fourth-order valence-electron chi connectivity index (χ4n) is 1.76. The van der Waals surface area contributed by atoms with Crippen molar-refractivity contribution in [2.24, 2.45) is 0 Å². The summed E-state index contributed by atoms with van der Waals surface area (Å²) in [4.78, 5) is 8.62. The molecule has 2 aromatic rings. The first kappa shape index (κ1) is 14.1. The predicted octanol–water partition coefficient (Wildman–Crippen LogP) is 2.92. The third kappa shape index (κ3) is 4.12. The monoisotopic (exact) mass is 272 g/mol. The molecule has 0 radical (unpaired) electrons. The number of aromatic nitrogens is 2. The zero-order chi connectivity index (χ0) is 14.2. The SMILES string of the molecule is CCCNc1cncc(NCc2cccc(OC)c2)n1. The lowest BCUT2D eigenvalue weighted by Crippen LogP contribution is -2.06. The van der Waals surface area contributed by atoms with Crippen LogP contribution < -0.4 is 15.4 Å². The molecular weight excluding hydrogens is 252 g/mol. The van der Waals surface area contributed by atoms with Crippen LogP contribution in [0.2, 0.25) is 0 Å². The van der Waals surface area contributed by atoms with Crippen molar-refractivity contribution in [3.63, 3.8) is 0 Å². The first-order chi connectivity index (χ1) is 9.81. The Morgan fingerprint density at radius 2 is 1.95 bits per heavy atom. The fourth-order valence-corrected chi connectivity index (χ4v) is 1.76. The third-order valence-electron chi connectivity index (χ3n) is 2.80. The van der Waals surface area contributed by atoms with E-state index in [0.29, 0.717) is 6.54 Å². The molecule has 0 bridgehead atoms. The summed E-state index contributed by atoms with van der Waals surface area (Å²) in [6.45, 7) is 3.70. The number of anilines is 2. The maximum absolute atomic E-state index is 5.20. The summed E-state index contributed by atoms with van der Waals surface area (Å²) in [6, 6.07) is 7.95. The number of nitrogens with one attached hydrogen (secondary N) is 2. The van der Waals surface area contributed by atoms with E-state index in [0.717, 1.165) is 35.9 Å². The number of methoxy groups -OCH3 is 1. The van der Waals surface area contributed by atoms with E-state index in [1.54, 1.807) is 19.5 Å². The van der Waals surface area contributed by atoms with Gasteiger partial charge in [-0.05, 0) is 24.1 Å². The fraction of sp³-hybridized carbons (Fsp3) is 0.333. The molecule has 0 atom stereocenters. The molecule has 2 rings (SSSR count). The average Bonchev–Trinajstić information content (AvgIpc) is 2.51. The topological polar surface area (TPSA) is 59.1 Å². The quantitative estimate of drug-likeness (QED) is 0.811. The molecule has 0 saturated carbocycles. The number of hydrogen-bond donors (Lipinski definition) is 2. The maximum atomic E-state index is 5.20. The van der Waals surface area contributed by atoms with Crippen LogP contribution in [0.15, 0.2) is 36.7 Å². The minimum atomic E-state index is 0.684. The van der Waals surface area contributed by atoms with Crippen molar-refractivity contribution in [1.29, 1.82) is 0 Å². The van der Waals surface area contributed by atoms with Crippen LogP contribution in [0.1, 0.15) is 18.9 Å². The molecule has 2 N–H and O–H groups in total. The lowest BCUT2D eigenvalue weighted by atomic mass is 10.2. The van der Waals surface area contributed by atoms with Crippen LogP contribution in [0.3, 0.4) is 0 Å². The van der Waals surface area contributed by atoms with Crippen LogP contribution in [0, 0.1) is 0 Å². The molecule has 5 heteroatoms. The van der Waals surface area contributed by atoms with Crippen molar-refractivity contribution in [3.05, 3.63) is 42.2 Å². The van der Waals surface area contributed by atoms with E-state index >= 15 is 0 Å². The molecule has 20 heavy (non-hydrogen) atoms. The summed E-state index contributed by atoms with van der Waals surface area (Å²) in [6.07, 6.45) is 4.51. The standard InChI is InChI=1S/C15H20N4O/c1-3-7-17-14-10-16-11-15(19-14)18-9-12-5-4-6-13(8-12)20-2/h4-6,8,10-11H,3,7,9H2,1-2H3,(H2,17,18,19). The number of rotatable bonds is 7. The van der Waals surface area contributed by atoms with Crippen molar-refractivity contribution in [1.82, 2.24) is 9.97 Å². The molecule has 1 aromatic carbocycles. The molecule has 0 aliphatic carbocycles. The number of hydrogen-bond acceptors (Lipinski definition) is 5. The summed E-state index contributed by atoms with van der Waals surface area (Å²) in [5.41, 5.74) is 1.14. The highest BCUT2D eigenvalue weighted by Gasteiger charge is 1.99.